The Morgan fingerprint density at radius 1 is 1.05 bits per heavy atom. The van der Waals surface area contributed by atoms with Crippen LogP contribution in [0.1, 0.15) is 63.9 Å². The molecule has 114 valence electrons. The molecule has 2 unspecified atom stereocenters. The van der Waals surface area contributed by atoms with E-state index in [0.717, 1.165) is 21.0 Å². The van der Waals surface area contributed by atoms with Crippen LogP contribution in [0.2, 0.25) is 5.15 Å². The highest BCUT2D eigenvalue weighted by molar-refractivity contribution is 14.1. The Morgan fingerprint density at radius 2 is 1.67 bits per heavy atom. The van der Waals surface area contributed by atoms with Crippen molar-refractivity contribution in [2.75, 3.05) is 0 Å². The molecule has 1 aromatic rings. The van der Waals surface area contributed by atoms with Gasteiger partial charge in [0.15, 0.2) is 0 Å². The van der Waals surface area contributed by atoms with Crippen LogP contribution in [0.5, 0.6) is 0 Å². The van der Waals surface area contributed by atoms with Gasteiger partial charge in [-0.2, -0.15) is 0 Å². The highest BCUT2D eigenvalue weighted by atomic mass is 127. The molecule has 4 fully saturated rings. The van der Waals surface area contributed by atoms with Gasteiger partial charge in [0.1, 0.15) is 11.0 Å². The molecule has 5 rings (SSSR count). The summed E-state index contributed by atoms with van der Waals surface area (Å²) in [5, 5.41) is 0.643. The molecule has 0 aromatic carbocycles. The Kier molecular flexibility index (Phi) is 3.03. The van der Waals surface area contributed by atoms with Gasteiger partial charge in [0.2, 0.25) is 0 Å². The Hall–Kier alpha value is 0.100. The van der Waals surface area contributed by atoms with Crippen LogP contribution in [-0.2, 0) is 5.41 Å². The van der Waals surface area contributed by atoms with E-state index in [4.69, 9.17) is 21.6 Å². The molecule has 4 aliphatic carbocycles. The molecular formula is C17H22ClIN2. The Morgan fingerprint density at radius 3 is 2.19 bits per heavy atom. The monoisotopic (exact) mass is 416 g/mol. The van der Waals surface area contributed by atoms with Gasteiger partial charge in [0, 0.05) is 5.41 Å². The van der Waals surface area contributed by atoms with E-state index in [0.29, 0.717) is 16.0 Å². The van der Waals surface area contributed by atoms with E-state index in [9.17, 15) is 0 Å². The first kappa shape index (κ1) is 14.7. The molecule has 0 spiro atoms. The SMILES string of the molecule is Cc1nc(C23CC4CC(C)(CC(C)(C4)C2)C3)nc(Cl)c1I. The topological polar surface area (TPSA) is 25.8 Å². The maximum Gasteiger partial charge on any atom is 0.146 e. The molecule has 0 amide bonds. The fourth-order valence-electron chi connectivity index (χ4n) is 6.46. The number of aromatic nitrogens is 2. The van der Waals surface area contributed by atoms with Crippen LogP contribution in [-0.4, -0.2) is 9.97 Å². The summed E-state index contributed by atoms with van der Waals surface area (Å²) in [5.41, 5.74) is 2.19. The largest absolute Gasteiger partial charge is 0.236 e. The molecule has 2 atom stereocenters. The van der Waals surface area contributed by atoms with Crippen molar-refractivity contribution in [2.45, 2.75) is 64.7 Å². The van der Waals surface area contributed by atoms with Crippen LogP contribution in [0.4, 0.5) is 0 Å². The quantitative estimate of drug-likeness (QED) is 0.459. The second kappa shape index (κ2) is 4.34. The summed E-state index contributed by atoms with van der Waals surface area (Å²) in [6.07, 6.45) is 7.97. The van der Waals surface area contributed by atoms with Gasteiger partial charge in [-0.3, -0.25) is 0 Å². The van der Waals surface area contributed by atoms with E-state index in [1.807, 2.05) is 0 Å². The molecule has 4 heteroatoms. The lowest BCUT2D eigenvalue weighted by Crippen LogP contribution is -2.57. The minimum atomic E-state index is 0.182. The third kappa shape index (κ3) is 2.17. The van der Waals surface area contributed by atoms with Gasteiger partial charge < -0.3 is 0 Å². The number of halogens is 2. The third-order valence-corrected chi connectivity index (χ3v) is 7.96. The fraction of sp³-hybridized carbons (Fsp3) is 0.765. The van der Waals surface area contributed by atoms with Crippen LogP contribution < -0.4 is 0 Å². The summed E-state index contributed by atoms with van der Waals surface area (Å²) in [6.45, 7) is 7.04. The van der Waals surface area contributed by atoms with Gasteiger partial charge in [-0.05, 0) is 84.8 Å². The summed E-state index contributed by atoms with van der Waals surface area (Å²) >= 11 is 8.62. The molecule has 1 aromatic heterocycles. The van der Waals surface area contributed by atoms with Crippen molar-refractivity contribution in [2.24, 2.45) is 16.7 Å². The lowest BCUT2D eigenvalue weighted by Gasteiger charge is -2.64. The average molecular weight is 417 g/mol. The molecule has 2 nitrogen and oxygen atoms in total. The number of hydrogen-bond donors (Lipinski definition) is 0. The zero-order valence-electron chi connectivity index (χ0n) is 13.0. The van der Waals surface area contributed by atoms with Gasteiger partial charge >= 0.3 is 0 Å². The summed E-state index contributed by atoms with van der Waals surface area (Å²) in [5.74, 6) is 1.89. The average Bonchev–Trinajstić information content (AvgIpc) is 2.30. The second-order valence-corrected chi connectivity index (χ2v) is 10.1. The number of nitrogens with zero attached hydrogens (tertiary/aromatic N) is 2. The van der Waals surface area contributed by atoms with E-state index >= 15 is 0 Å². The van der Waals surface area contributed by atoms with E-state index < -0.39 is 0 Å². The summed E-state index contributed by atoms with van der Waals surface area (Å²) in [6, 6.07) is 0. The smallest absolute Gasteiger partial charge is 0.146 e. The van der Waals surface area contributed by atoms with Crippen molar-refractivity contribution >= 4 is 34.2 Å². The maximum atomic E-state index is 6.37. The molecule has 4 saturated carbocycles. The molecule has 4 bridgehead atoms. The van der Waals surface area contributed by atoms with Crippen LogP contribution in [0, 0.1) is 27.2 Å². The van der Waals surface area contributed by atoms with E-state index in [-0.39, 0.29) is 5.41 Å². The zero-order valence-corrected chi connectivity index (χ0v) is 15.9. The Bertz CT molecular complexity index is 588. The van der Waals surface area contributed by atoms with Crippen molar-refractivity contribution in [1.29, 1.82) is 0 Å². The van der Waals surface area contributed by atoms with Crippen molar-refractivity contribution in [3.63, 3.8) is 0 Å². The first-order valence-corrected chi connectivity index (χ1v) is 9.39. The van der Waals surface area contributed by atoms with Gasteiger partial charge in [-0.15, -0.1) is 0 Å². The second-order valence-electron chi connectivity index (χ2n) is 8.65. The Labute approximate surface area is 145 Å². The lowest BCUT2D eigenvalue weighted by molar-refractivity contribution is -0.112. The summed E-state index contributed by atoms with van der Waals surface area (Å²) in [4.78, 5) is 9.62. The van der Waals surface area contributed by atoms with Gasteiger partial charge in [-0.1, -0.05) is 25.4 Å². The first-order chi connectivity index (χ1) is 9.73. The number of aryl methyl sites for hydroxylation is 1. The zero-order chi connectivity index (χ0) is 15.0. The van der Waals surface area contributed by atoms with Crippen molar-refractivity contribution in [3.8, 4) is 0 Å². The molecular weight excluding hydrogens is 395 g/mol. The number of rotatable bonds is 1. The van der Waals surface area contributed by atoms with Gasteiger partial charge in [0.05, 0.1) is 9.26 Å². The third-order valence-electron chi connectivity index (χ3n) is 6.08. The van der Waals surface area contributed by atoms with Gasteiger partial charge in [-0.25, -0.2) is 9.97 Å². The minimum Gasteiger partial charge on any atom is -0.236 e. The standard InChI is InChI=1S/C17H22ClIN2/c1-10-12(19)13(18)21-14(20-10)17-6-11-4-15(2,8-17)7-16(3,5-11)9-17/h11H,4-9H2,1-3H3. The van der Waals surface area contributed by atoms with Crippen molar-refractivity contribution in [3.05, 3.63) is 20.2 Å². The lowest BCUT2D eigenvalue weighted by atomic mass is 9.40. The fourth-order valence-corrected chi connectivity index (χ4v) is 6.92. The first-order valence-electron chi connectivity index (χ1n) is 7.93. The van der Waals surface area contributed by atoms with Crippen molar-refractivity contribution < 1.29 is 0 Å². The molecule has 4 aliphatic rings. The van der Waals surface area contributed by atoms with Gasteiger partial charge in [0.25, 0.3) is 0 Å². The van der Waals surface area contributed by atoms with Crippen LogP contribution in [0.3, 0.4) is 0 Å². The normalized spacial score (nSPS) is 44.3. The Balaban J connectivity index is 1.84. The van der Waals surface area contributed by atoms with E-state index in [1.165, 1.54) is 38.5 Å². The molecule has 0 saturated heterocycles. The van der Waals surface area contributed by atoms with Crippen molar-refractivity contribution in [1.82, 2.24) is 9.97 Å². The molecule has 1 heterocycles. The molecule has 0 N–H and O–H groups in total. The van der Waals surface area contributed by atoms with Crippen LogP contribution >= 0.6 is 34.2 Å². The van der Waals surface area contributed by atoms with E-state index in [2.05, 4.69) is 43.4 Å². The predicted octanol–water partition coefficient (Wildman–Crippen LogP) is 5.29. The van der Waals surface area contributed by atoms with Crippen LogP contribution in [0.25, 0.3) is 0 Å². The number of hydrogen-bond acceptors (Lipinski definition) is 2. The molecule has 21 heavy (non-hydrogen) atoms. The summed E-state index contributed by atoms with van der Waals surface area (Å²) in [7, 11) is 0. The molecule has 0 aliphatic heterocycles. The molecule has 0 radical (unpaired) electrons. The highest BCUT2D eigenvalue weighted by Crippen LogP contribution is 2.69. The predicted molar refractivity (Wildman–Crippen MR) is 93.6 cm³/mol. The summed E-state index contributed by atoms with van der Waals surface area (Å²) < 4.78 is 1.00. The van der Waals surface area contributed by atoms with Crippen LogP contribution in [0.15, 0.2) is 0 Å². The maximum absolute atomic E-state index is 6.37. The minimum absolute atomic E-state index is 0.182. The van der Waals surface area contributed by atoms with E-state index in [1.54, 1.807) is 0 Å². The highest BCUT2D eigenvalue weighted by Gasteiger charge is 2.61.